The van der Waals surface area contributed by atoms with E-state index in [1.807, 2.05) is 24.3 Å². The third-order valence-electron chi connectivity index (χ3n) is 13.7. The first-order valence-electron chi connectivity index (χ1n) is 27.2. The lowest BCUT2D eigenvalue weighted by molar-refractivity contribution is -0.0169. The lowest BCUT2D eigenvalue weighted by Crippen LogP contribution is -2.48. The summed E-state index contributed by atoms with van der Waals surface area (Å²) in [6.07, 6.45) is 8.54. The standard InChI is InChI=1S/C56H81ClN4O13S/c1-2-3-19-58-21-25-60(26-22-58)46-13-16-49-53(43-46)74-54-44-47(61-27-23-59(24-28-61)20-7-9-41-75(65,66)67)14-17-50(54)55(49)51-42-45(12-15-48(51)56(63)64)52(62)11-10-30-69-32-34-71-36-38-73-40-39-72-37-35-70-33-31-68-29-8-5-4-6-18-57/h12-17,42-44H,2-11,18-41H2,1H3,(H-,63,64,65,66,67)/p+1. The van der Waals surface area contributed by atoms with Gasteiger partial charge >= 0.3 is 5.97 Å². The summed E-state index contributed by atoms with van der Waals surface area (Å²) in [4.78, 5) is 33.9. The Labute approximate surface area is 449 Å². The van der Waals surface area contributed by atoms with Crippen molar-refractivity contribution in [2.75, 3.05) is 161 Å². The van der Waals surface area contributed by atoms with E-state index in [1.165, 1.54) is 12.5 Å². The van der Waals surface area contributed by atoms with E-state index in [9.17, 15) is 23.1 Å². The van der Waals surface area contributed by atoms with Gasteiger partial charge in [-0.25, -0.2) is 9.37 Å². The van der Waals surface area contributed by atoms with E-state index in [2.05, 4.69) is 38.3 Å². The summed E-state index contributed by atoms with van der Waals surface area (Å²) >= 11 is 5.69. The zero-order valence-corrected chi connectivity index (χ0v) is 45.8. The number of nitrogens with zero attached hydrogens (tertiary/aromatic N) is 4. The van der Waals surface area contributed by atoms with Crippen LogP contribution < -0.4 is 14.8 Å². The molecule has 0 unspecified atom stereocenters. The third kappa shape index (κ3) is 20.7. The number of carbonyl (C=O) groups excluding carboxylic acids is 1. The van der Waals surface area contributed by atoms with Crippen LogP contribution in [0.4, 0.5) is 5.69 Å². The molecule has 4 aliphatic rings. The van der Waals surface area contributed by atoms with Crippen LogP contribution >= 0.6 is 11.6 Å². The molecule has 0 amide bonds. The minimum Gasteiger partial charge on any atom is -0.478 e. The number of carbonyl (C=O) groups is 2. The summed E-state index contributed by atoms with van der Waals surface area (Å²) < 4.78 is 74.3. The molecule has 17 nitrogen and oxygen atoms in total. The number of unbranched alkanes of at least 4 members (excludes halogenated alkanes) is 5. The highest BCUT2D eigenvalue weighted by Crippen LogP contribution is 2.42. The summed E-state index contributed by atoms with van der Waals surface area (Å²) in [5.74, 6) is -0.0908. The van der Waals surface area contributed by atoms with E-state index in [1.54, 1.807) is 12.1 Å². The Morgan fingerprint density at radius 1 is 0.640 bits per heavy atom. The number of ketones is 1. The van der Waals surface area contributed by atoms with Crippen LogP contribution in [0.5, 0.6) is 0 Å². The topological polar surface area (TPSA) is 190 Å². The number of anilines is 1. The SMILES string of the molecule is CCCCN1CC[N+](=c2ccc3c(-c4cc(C(=O)CCCOCCOCCOCCOCCOCCOCCCCCCCl)ccc4C(=O)O)c4ccc(N5CCN(CCCCS(=O)(=O)O)CC5)cc4oc-3c2)CC1. The molecule has 2 aromatic rings. The number of fused-ring (bicyclic) bond motifs is 2. The first kappa shape index (κ1) is 60.2. The predicted molar refractivity (Wildman–Crippen MR) is 294 cm³/mol. The Balaban J connectivity index is 1.02. The van der Waals surface area contributed by atoms with Gasteiger partial charge in [-0.2, -0.15) is 8.42 Å². The smallest absolute Gasteiger partial charge is 0.336 e. The molecule has 2 fully saturated rings. The van der Waals surface area contributed by atoms with Gasteiger partial charge in [-0.05, 0) is 87.5 Å². The normalized spacial score (nSPS) is 14.9. The Bertz CT molecular complexity index is 2490. The molecule has 2 saturated heterocycles. The number of benzene rings is 3. The maximum atomic E-state index is 13.8. The van der Waals surface area contributed by atoms with Gasteiger partial charge in [0.05, 0.1) is 96.5 Å². The Morgan fingerprint density at radius 3 is 1.85 bits per heavy atom. The molecule has 416 valence electrons. The van der Waals surface area contributed by atoms with Crippen LogP contribution in [0.25, 0.3) is 33.4 Å². The van der Waals surface area contributed by atoms with Gasteiger partial charge in [-0.3, -0.25) is 19.1 Å². The van der Waals surface area contributed by atoms with Crippen molar-refractivity contribution in [3.8, 4) is 22.5 Å². The third-order valence-corrected chi connectivity index (χ3v) is 14.8. The molecule has 2 N–H and O–H groups in total. The molecule has 1 aliphatic carbocycles. The summed E-state index contributed by atoms with van der Waals surface area (Å²) in [6, 6.07) is 17.1. The van der Waals surface area contributed by atoms with E-state index in [4.69, 9.17) is 49.0 Å². The molecular formula is C56H82ClN4O13S+. The second-order valence-electron chi connectivity index (χ2n) is 19.2. The molecule has 3 heterocycles. The van der Waals surface area contributed by atoms with Gasteiger partial charge in [0.1, 0.15) is 11.3 Å². The highest BCUT2D eigenvalue weighted by atomic mass is 35.5. The minimum absolute atomic E-state index is 0.0882. The fourth-order valence-corrected chi connectivity index (χ4v) is 10.2. The number of ether oxygens (including phenoxy) is 6. The van der Waals surface area contributed by atoms with E-state index < -0.39 is 16.1 Å². The van der Waals surface area contributed by atoms with Gasteiger partial charge in [0.25, 0.3) is 10.1 Å². The monoisotopic (exact) mass is 1090 g/mol. The molecule has 0 spiro atoms. The van der Waals surface area contributed by atoms with Gasteiger partial charge in [0.15, 0.2) is 18.9 Å². The molecule has 2 aromatic carbocycles. The second-order valence-corrected chi connectivity index (χ2v) is 21.2. The molecule has 19 heteroatoms. The summed E-state index contributed by atoms with van der Waals surface area (Å²) in [6.45, 7) is 16.7. The van der Waals surface area contributed by atoms with Crippen molar-refractivity contribution in [2.45, 2.75) is 71.1 Å². The molecular weight excluding hydrogens is 1000 g/mol. The first-order chi connectivity index (χ1) is 36.5. The van der Waals surface area contributed by atoms with Crippen LogP contribution in [0.1, 0.15) is 91.8 Å². The van der Waals surface area contributed by atoms with Gasteiger partial charge in [-0.15, -0.1) is 11.6 Å². The Morgan fingerprint density at radius 2 is 1.24 bits per heavy atom. The molecule has 3 aliphatic heterocycles. The first-order valence-corrected chi connectivity index (χ1v) is 29.4. The largest absolute Gasteiger partial charge is 0.478 e. The van der Waals surface area contributed by atoms with E-state index in [0.29, 0.717) is 120 Å². The quantitative estimate of drug-likeness (QED) is 0.0113. The van der Waals surface area contributed by atoms with Crippen LogP contribution in [0.3, 0.4) is 0 Å². The molecule has 75 heavy (non-hydrogen) atoms. The Kier molecular flexibility index (Phi) is 26.7. The fraction of sp³-hybridized carbons (Fsp3) is 0.625. The van der Waals surface area contributed by atoms with E-state index in [-0.39, 0.29) is 23.5 Å². The molecule has 6 rings (SSSR count). The fourth-order valence-electron chi connectivity index (χ4n) is 9.46. The van der Waals surface area contributed by atoms with Crippen LogP contribution in [0, 0.1) is 0 Å². The van der Waals surface area contributed by atoms with Crippen molar-refractivity contribution in [3.05, 3.63) is 71.1 Å². The maximum absolute atomic E-state index is 13.8. The van der Waals surface area contributed by atoms with Crippen molar-refractivity contribution in [1.82, 2.24) is 14.4 Å². The number of rotatable bonds is 37. The van der Waals surface area contributed by atoms with Crippen molar-refractivity contribution in [2.24, 2.45) is 0 Å². The zero-order chi connectivity index (χ0) is 53.1. The summed E-state index contributed by atoms with van der Waals surface area (Å²) in [5.41, 5.74) is 3.97. The second kappa shape index (κ2) is 33.3. The molecule has 0 radical (unpaired) electrons. The van der Waals surface area contributed by atoms with Crippen molar-refractivity contribution >= 4 is 50.1 Å². The number of carboxylic acids is 1. The van der Waals surface area contributed by atoms with Crippen LogP contribution in [-0.2, 0) is 38.5 Å². The maximum Gasteiger partial charge on any atom is 0.336 e. The number of piperazine rings is 2. The van der Waals surface area contributed by atoms with Crippen molar-refractivity contribution in [3.63, 3.8) is 0 Å². The predicted octanol–water partition coefficient (Wildman–Crippen LogP) is 7.44. The molecule has 0 atom stereocenters. The van der Waals surface area contributed by atoms with Gasteiger partial charge < -0.3 is 42.8 Å². The average molecular weight is 1090 g/mol. The van der Waals surface area contributed by atoms with E-state index >= 15 is 0 Å². The number of hydrogen-bond acceptors (Lipinski definition) is 14. The number of alkyl halides is 1. The Hall–Kier alpha value is -4.05. The molecule has 0 bridgehead atoms. The lowest BCUT2D eigenvalue weighted by Gasteiger charge is -2.36. The van der Waals surface area contributed by atoms with Gasteiger partial charge in [0.2, 0.25) is 5.36 Å². The number of carboxylic acid groups (broad SMARTS) is 1. The number of halogens is 1. The average Bonchev–Trinajstić information content (AvgIpc) is 3.41. The van der Waals surface area contributed by atoms with Crippen LogP contribution in [0.15, 0.2) is 59.0 Å². The van der Waals surface area contributed by atoms with Crippen LogP contribution in [0.2, 0.25) is 0 Å². The number of Topliss-reactive ketones (excluding diaryl/α,β-unsaturated/α-hetero) is 1. The number of aromatic carboxylic acids is 1. The van der Waals surface area contributed by atoms with Crippen LogP contribution in [-0.4, -0.2) is 196 Å². The van der Waals surface area contributed by atoms with E-state index in [0.717, 1.165) is 132 Å². The van der Waals surface area contributed by atoms with Gasteiger partial charge in [-0.1, -0.05) is 32.3 Å². The highest BCUT2D eigenvalue weighted by Gasteiger charge is 2.26. The summed E-state index contributed by atoms with van der Waals surface area (Å²) in [5, 5.41) is 12.4. The minimum atomic E-state index is -3.97. The molecule has 0 saturated carbocycles. The van der Waals surface area contributed by atoms with Crippen molar-refractivity contribution in [1.29, 1.82) is 0 Å². The summed E-state index contributed by atoms with van der Waals surface area (Å²) in [7, 11) is -3.97. The molecule has 0 aromatic heterocycles. The highest BCUT2D eigenvalue weighted by molar-refractivity contribution is 7.85. The van der Waals surface area contributed by atoms with Gasteiger partial charge in [0, 0.05) is 91.6 Å². The lowest BCUT2D eigenvalue weighted by atomic mass is 9.88. The van der Waals surface area contributed by atoms with Crippen molar-refractivity contribution < 1.29 is 60.5 Å². The zero-order valence-electron chi connectivity index (χ0n) is 44.2. The number of hydrogen-bond donors (Lipinski definition) is 2.